The van der Waals surface area contributed by atoms with Crippen LogP contribution in [-0.4, -0.2) is 29.8 Å². The number of nitrogens with zero attached hydrogens (tertiary/aromatic N) is 1. The van der Waals surface area contributed by atoms with Crippen molar-refractivity contribution in [1.29, 1.82) is 0 Å². The van der Waals surface area contributed by atoms with Crippen LogP contribution in [-0.2, 0) is 15.7 Å². The normalized spacial score (nSPS) is 13.7. The van der Waals surface area contributed by atoms with Crippen molar-refractivity contribution in [3.05, 3.63) is 59.4 Å². The number of nitrogens with two attached hydrogens (primary N) is 1. The van der Waals surface area contributed by atoms with Crippen LogP contribution >= 0.6 is 0 Å². The summed E-state index contributed by atoms with van der Waals surface area (Å²) in [7, 11) is 0. The summed E-state index contributed by atoms with van der Waals surface area (Å²) in [5.74, 6) is -0.764. The summed E-state index contributed by atoms with van der Waals surface area (Å²) in [4.78, 5) is 27.5. The number of hydrogen-bond donors (Lipinski definition) is 2. The van der Waals surface area contributed by atoms with E-state index in [0.29, 0.717) is 5.69 Å². The highest BCUT2D eigenvalue weighted by molar-refractivity contribution is 5.77. The van der Waals surface area contributed by atoms with Gasteiger partial charge in [-0.2, -0.15) is 26.3 Å². The molecule has 0 unspecified atom stereocenters. The molecule has 3 N–H and O–H groups in total. The maximum atomic E-state index is 12.7. The van der Waals surface area contributed by atoms with E-state index in [9.17, 15) is 35.9 Å². The number of primary amides is 1. The van der Waals surface area contributed by atoms with E-state index in [1.54, 1.807) is 6.92 Å². The highest BCUT2D eigenvalue weighted by Crippen LogP contribution is 2.31. The number of aromatic nitrogens is 1. The lowest BCUT2D eigenvalue weighted by Crippen LogP contribution is -2.30. The number of pyridine rings is 1. The lowest BCUT2D eigenvalue weighted by Gasteiger charge is -2.19. The first-order valence-corrected chi connectivity index (χ1v) is 9.32. The number of amides is 2. The Labute approximate surface area is 183 Å². The van der Waals surface area contributed by atoms with E-state index in [0.717, 1.165) is 30.5 Å². The fourth-order valence-corrected chi connectivity index (χ4v) is 2.70. The van der Waals surface area contributed by atoms with Crippen LogP contribution in [0.25, 0.3) is 0 Å². The van der Waals surface area contributed by atoms with E-state index in [4.69, 9.17) is 10.5 Å². The lowest BCUT2D eigenvalue weighted by molar-refractivity contribution is -0.153. The average Bonchev–Trinajstić information content (AvgIpc) is 2.70. The van der Waals surface area contributed by atoms with Gasteiger partial charge in [0, 0.05) is 0 Å². The van der Waals surface area contributed by atoms with Crippen LogP contribution in [0.1, 0.15) is 42.3 Å². The summed E-state index contributed by atoms with van der Waals surface area (Å²) < 4.78 is 84.2. The highest BCUT2D eigenvalue weighted by Gasteiger charge is 2.31. The molecule has 1 heterocycles. The number of nitrogens with one attached hydrogen (secondary N) is 1. The number of carbonyl (C=O) groups excluding carboxylic acids is 2. The molecule has 2 rings (SSSR count). The number of alkyl halides is 6. The number of hydrogen-bond acceptors (Lipinski definition) is 5. The Bertz CT molecular complexity index is 946. The zero-order valence-corrected chi connectivity index (χ0v) is 17.0. The monoisotopic (exact) mass is 479 g/mol. The zero-order valence-electron chi connectivity index (χ0n) is 17.0. The third-order valence-electron chi connectivity index (χ3n) is 4.22. The van der Waals surface area contributed by atoms with Gasteiger partial charge in [-0.05, 0) is 36.8 Å². The highest BCUT2D eigenvalue weighted by atomic mass is 19.4. The Balaban J connectivity index is 2.02. The summed E-state index contributed by atoms with van der Waals surface area (Å²) >= 11 is 0. The van der Waals surface area contributed by atoms with Crippen molar-refractivity contribution >= 4 is 12.0 Å². The number of rotatable bonds is 8. The fraction of sp³-hybridized carbons (Fsp3) is 0.350. The molecule has 0 saturated carbocycles. The van der Waals surface area contributed by atoms with Crippen molar-refractivity contribution in [2.45, 2.75) is 37.8 Å². The third-order valence-corrected chi connectivity index (χ3v) is 4.22. The quantitative estimate of drug-likeness (QED) is 0.545. The van der Waals surface area contributed by atoms with Crippen LogP contribution < -0.4 is 15.8 Å². The molecule has 1 aromatic heterocycles. The van der Waals surface area contributed by atoms with Gasteiger partial charge in [0.15, 0.2) is 6.61 Å². The number of ether oxygens (including phenoxy) is 2. The molecule has 0 fully saturated rings. The van der Waals surface area contributed by atoms with Gasteiger partial charge in [-0.15, -0.1) is 0 Å². The van der Waals surface area contributed by atoms with Crippen molar-refractivity contribution in [2.75, 3.05) is 6.61 Å². The molecule has 0 bridgehead atoms. The second-order valence-corrected chi connectivity index (χ2v) is 6.86. The Kier molecular flexibility index (Phi) is 8.12. The van der Waals surface area contributed by atoms with E-state index in [1.165, 1.54) is 12.1 Å². The maximum Gasteiger partial charge on any atom is 0.422 e. The summed E-state index contributed by atoms with van der Waals surface area (Å²) in [6.07, 6.45) is -10.9. The summed E-state index contributed by atoms with van der Waals surface area (Å²) in [5.41, 5.74) is 4.49. The minimum absolute atomic E-state index is 0.119. The van der Waals surface area contributed by atoms with Crippen LogP contribution in [0.5, 0.6) is 5.75 Å². The largest absolute Gasteiger partial charge is 0.483 e. The molecule has 0 aliphatic carbocycles. The second kappa shape index (κ2) is 10.4. The van der Waals surface area contributed by atoms with Gasteiger partial charge >= 0.3 is 18.4 Å². The van der Waals surface area contributed by atoms with Crippen LogP contribution in [0.4, 0.5) is 31.1 Å². The Morgan fingerprint density at radius 2 is 1.70 bits per heavy atom. The van der Waals surface area contributed by atoms with Gasteiger partial charge in [0.25, 0.3) is 0 Å². The minimum Gasteiger partial charge on any atom is -0.483 e. The summed E-state index contributed by atoms with van der Waals surface area (Å²) in [6.45, 7) is 0.0596. The van der Waals surface area contributed by atoms with Crippen molar-refractivity contribution in [1.82, 2.24) is 10.3 Å². The third kappa shape index (κ3) is 8.50. The summed E-state index contributed by atoms with van der Waals surface area (Å²) in [5, 5.41) is 2.55. The van der Waals surface area contributed by atoms with Gasteiger partial charge in [0.1, 0.15) is 11.9 Å². The number of carbonyl (C=O) groups is 2. The smallest absolute Gasteiger partial charge is 0.422 e. The fourth-order valence-electron chi connectivity index (χ4n) is 2.70. The van der Waals surface area contributed by atoms with E-state index in [-0.39, 0.29) is 11.3 Å². The molecule has 0 saturated heterocycles. The maximum absolute atomic E-state index is 12.7. The SMILES string of the molecule is C[C@@H](NC(=O)C[C@H](OC(N)=O)c1ccc(C(F)(F)F)cc1)c1ccc(OCC(F)(F)F)cn1. The van der Waals surface area contributed by atoms with E-state index >= 15 is 0 Å². The van der Waals surface area contributed by atoms with E-state index in [1.807, 2.05) is 0 Å². The van der Waals surface area contributed by atoms with Crippen molar-refractivity contribution in [2.24, 2.45) is 5.73 Å². The Morgan fingerprint density at radius 1 is 1.06 bits per heavy atom. The molecule has 0 radical (unpaired) electrons. The molecule has 13 heteroatoms. The predicted molar refractivity (Wildman–Crippen MR) is 102 cm³/mol. The number of halogens is 6. The van der Waals surface area contributed by atoms with Gasteiger partial charge in [-0.1, -0.05) is 12.1 Å². The molecule has 0 aliphatic heterocycles. The van der Waals surface area contributed by atoms with Crippen LogP contribution in [0.3, 0.4) is 0 Å². The molecule has 180 valence electrons. The first kappa shape index (κ1) is 25.7. The van der Waals surface area contributed by atoms with E-state index < -0.39 is 55.1 Å². The van der Waals surface area contributed by atoms with Gasteiger partial charge in [-0.25, -0.2) is 4.79 Å². The van der Waals surface area contributed by atoms with Crippen molar-refractivity contribution < 1.29 is 45.4 Å². The summed E-state index contributed by atoms with van der Waals surface area (Å²) in [6, 6.07) is 5.58. The van der Waals surface area contributed by atoms with Crippen LogP contribution in [0.2, 0.25) is 0 Å². The molecular formula is C20H19F6N3O4. The zero-order chi connectivity index (χ0) is 24.8. The Hall–Kier alpha value is -3.51. The van der Waals surface area contributed by atoms with Gasteiger partial charge in [0.05, 0.1) is 29.9 Å². The van der Waals surface area contributed by atoms with Crippen molar-refractivity contribution in [3.8, 4) is 5.75 Å². The van der Waals surface area contributed by atoms with Gasteiger partial charge in [-0.3, -0.25) is 9.78 Å². The Morgan fingerprint density at radius 3 is 2.18 bits per heavy atom. The van der Waals surface area contributed by atoms with Crippen molar-refractivity contribution in [3.63, 3.8) is 0 Å². The van der Waals surface area contributed by atoms with Crippen LogP contribution in [0, 0.1) is 0 Å². The first-order chi connectivity index (χ1) is 15.2. The molecule has 2 amide bonds. The molecule has 33 heavy (non-hydrogen) atoms. The van der Waals surface area contributed by atoms with E-state index in [2.05, 4.69) is 15.0 Å². The average molecular weight is 479 g/mol. The molecule has 1 aromatic carbocycles. The van der Waals surface area contributed by atoms with Gasteiger partial charge in [0.2, 0.25) is 5.91 Å². The molecule has 7 nitrogen and oxygen atoms in total. The molecule has 2 aromatic rings. The molecule has 2 atom stereocenters. The lowest BCUT2D eigenvalue weighted by atomic mass is 10.0. The predicted octanol–water partition coefficient (Wildman–Crippen LogP) is 4.45. The van der Waals surface area contributed by atoms with Gasteiger partial charge < -0.3 is 20.5 Å². The second-order valence-electron chi connectivity index (χ2n) is 6.86. The van der Waals surface area contributed by atoms with Crippen LogP contribution in [0.15, 0.2) is 42.6 Å². The minimum atomic E-state index is -4.56. The molecule has 0 spiro atoms. The standard InChI is InChI=1S/C20H19F6N3O4/c1-11(15-7-6-14(9-28-15)32-10-19(21,22)23)29-17(30)8-16(33-18(27)31)12-2-4-13(5-3-12)20(24,25)26/h2-7,9,11,16H,8,10H2,1H3,(H2,27,31)(H,29,30)/t11-,16+/m1/s1. The molecular weight excluding hydrogens is 460 g/mol. The molecule has 0 aliphatic rings. The first-order valence-electron chi connectivity index (χ1n) is 9.32. The topological polar surface area (TPSA) is 104 Å². The number of benzene rings is 1.